The van der Waals surface area contributed by atoms with E-state index in [-0.39, 0.29) is 0 Å². The predicted octanol–water partition coefficient (Wildman–Crippen LogP) is 4.85. The van der Waals surface area contributed by atoms with Gasteiger partial charge < -0.3 is 10.1 Å². The summed E-state index contributed by atoms with van der Waals surface area (Å²) in [5.41, 5.74) is 2.35. The molecule has 2 nitrogen and oxygen atoms in total. The van der Waals surface area contributed by atoms with E-state index in [1.807, 2.05) is 25.1 Å². The van der Waals surface area contributed by atoms with E-state index in [9.17, 15) is 0 Å². The molecule has 0 radical (unpaired) electrons. The highest BCUT2D eigenvalue weighted by Crippen LogP contribution is 2.19. The van der Waals surface area contributed by atoms with Crippen LogP contribution in [-0.4, -0.2) is 6.61 Å². The van der Waals surface area contributed by atoms with Gasteiger partial charge in [-0.3, -0.25) is 0 Å². The number of hydrogen-bond donors (Lipinski definition) is 1. The molecule has 21 heavy (non-hydrogen) atoms. The molecule has 3 aromatic rings. The van der Waals surface area contributed by atoms with E-state index >= 15 is 0 Å². The monoisotopic (exact) mass is 277 g/mol. The Hall–Kier alpha value is -2.48. The number of benzene rings is 3. The van der Waals surface area contributed by atoms with Crippen LogP contribution in [0.1, 0.15) is 12.5 Å². The first kappa shape index (κ1) is 13.5. The summed E-state index contributed by atoms with van der Waals surface area (Å²) in [6.07, 6.45) is 0. The summed E-state index contributed by atoms with van der Waals surface area (Å²) in [6.45, 7) is 3.49. The van der Waals surface area contributed by atoms with Crippen molar-refractivity contribution in [2.75, 3.05) is 11.9 Å². The normalized spacial score (nSPS) is 10.5. The van der Waals surface area contributed by atoms with Gasteiger partial charge in [-0.1, -0.05) is 42.5 Å². The molecular weight excluding hydrogens is 258 g/mol. The van der Waals surface area contributed by atoms with E-state index < -0.39 is 0 Å². The van der Waals surface area contributed by atoms with Crippen molar-refractivity contribution in [1.82, 2.24) is 0 Å². The first-order chi connectivity index (χ1) is 10.3. The Morgan fingerprint density at radius 1 is 0.857 bits per heavy atom. The van der Waals surface area contributed by atoms with E-state index in [0.29, 0.717) is 6.61 Å². The van der Waals surface area contributed by atoms with Gasteiger partial charge in [0.15, 0.2) is 0 Å². The summed E-state index contributed by atoms with van der Waals surface area (Å²) in [6, 6.07) is 23.1. The number of fused-ring (bicyclic) bond motifs is 1. The minimum Gasteiger partial charge on any atom is -0.494 e. The van der Waals surface area contributed by atoms with Gasteiger partial charge in [-0.05, 0) is 41.5 Å². The van der Waals surface area contributed by atoms with Crippen LogP contribution >= 0.6 is 0 Å². The standard InChI is InChI=1S/C19H19NO/c1-2-21-19-9-5-8-18(13-19)20-14-15-10-11-16-6-3-4-7-17(16)12-15/h3-13,20H,2,14H2,1H3. The lowest BCUT2D eigenvalue weighted by atomic mass is 10.1. The topological polar surface area (TPSA) is 21.3 Å². The molecule has 1 N–H and O–H groups in total. The molecule has 2 heteroatoms. The molecule has 0 aliphatic heterocycles. The number of anilines is 1. The smallest absolute Gasteiger partial charge is 0.121 e. The molecule has 0 bridgehead atoms. The van der Waals surface area contributed by atoms with E-state index in [1.165, 1.54) is 16.3 Å². The molecular formula is C19H19NO. The summed E-state index contributed by atoms with van der Waals surface area (Å²) in [5, 5.41) is 6.00. The van der Waals surface area contributed by atoms with Gasteiger partial charge in [0.2, 0.25) is 0 Å². The fourth-order valence-electron chi connectivity index (χ4n) is 2.42. The lowest BCUT2D eigenvalue weighted by Crippen LogP contribution is -2.00. The first-order valence-corrected chi connectivity index (χ1v) is 7.29. The minimum absolute atomic E-state index is 0.689. The summed E-state index contributed by atoms with van der Waals surface area (Å²) < 4.78 is 5.52. The van der Waals surface area contributed by atoms with Gasteiger partial charge in [0.25, 0.3) is 0 Å². The van der Waals surface area contributed by atoms with Gasteiger partial charge in [-0.25, -0.2) is 0 Å². The van der Waals surface area contributed by atoms with Crippen LogP contribution in [0.25, 0.3) is 10.8 Å². The second-order valence-corrected chi connectivity index (χ2v) is 5.00. The highest BCUT2D eigenvalue weighted by atomic mass is 16.5. The van der Waals surface area contributed by atoms with Crippen molar-refractivity contribution in [3.8, 4) is 5.75 Å². The van der Waals surface area contributed by atoms with Crippen LogP contribution in [-0.2, 0) is 6.54 Å². The lowest BCUT2D eigenvalue weighted by molar-refractivity contribution is 0.340. The Labute approximate surface area is 125 Å². The summed E-state index contributed by atoms with van der Waals surface area (Å²) in [5.74, 6) is 0.904. The average Bonchev–Trinajstić information content (AvgIpc) is 2.53. The second-order valence-electron chi connectivity index (χ2n) is 5.00. The van der Waals surface area contributed by atoms with Gasteiger partial charge >= 0.3 is 0 Å². The molecule has 0 spiro atoms. The molecule has 0 amide bonds. The van der Waals surface area contributed by atoms with Gasteiger partial charge in [-0.15, -0.1) is 0 Å². The molecule has 3 aromatic carbocycles. The number of ether oxygens (including phenoxy) is 1. The van der Waals surface area contributed by atoms with Gasteiger partial charge in [0, 0.05) is 18.3 Å². The zero-order valence-electron chi connectivity index (χ0n) is 12.2. The maximum atomic E-state index is 5.52. The van der Waals surface area contributed by atoms with Crippen molar-refractivity contribution in [3.05, 3.63) is 72.3 Å². The van der Waals surface area contributed by atoms with Gasteiger partial charge in [-0.2, -0.15) is 0 Å². The summed E-state index contributed by atoms with van der Waals surface area (Å²) in [4.78, 5) is 0. The van der Waals surface area contributed by atoms with Crippen LogP contribution < -0.4 is 10.1 Å². The van der Waals surface area contributed by atoms with E-state index in [4.69, 9.17) is 4.74 Å². The third-order valence-electron chi connectivity index (χ3n) is 3.46. The average molecular weight is 277 g/mol. The molecule has 0 fully saturated rings. The van der Waals surface area contributed by atoms with Crippen LogP contribution in [0.2, 0.25) is 0 Å². The Balaban J connectivity index is 1.72. The molecule has 106 valence electrons. The van der Waals surface area contributed by atoms with Gasteiger partial charge in [0.1, 0.15) is 5.75 Å². The molecule has 0 saturated heterocycles. The largest absolute Gasteiger partial charge is 0.494 e. The predicted molar refractivity (Wildman–Crippen MR) is 88.9 cm³/mol. The van der Waals surface area contributed by atoms with Crippen LogP contribution in [0.3, 0.4) is 0 Å². The summed E-state index contributed by atoms with van der Waals surface area (Å²) in [7, 11) is 0. The van der Waals surface area contributed by atoms with Crippen molar-refractivity contribution in [2.45, 2.75) is 13.5 Å². The molecule has 0 unspecified atom stereocenters. The van der Waals surface area contributed by atoms with Crippen molar-refractivity contribution in [1.29, 1.82) is 0 Å². The maximum absolute atomic E-state index is 5.52. The van der Waals surface area contributed by atoms with Gasteiger partial charge in [0.05, 0.1) is 6.61 Å². The van der Waals surface area contributed by atoms with E-state index in [0.717, 1.165) is 18.0 Å². The third kappa shape index (κ3) is 3.34. The second kappa shape index (κ2) is 6.31. The molecule has 3 rings (SSSR count). The zero-order valence-corrected chi connectivity index (χ0v) is 12.2. The fraction of sp³-hybridized carbons (Fsp3) is 0.158. The molecule has 0 atom stereocenters. The van der Waals surface area contributed by atoms with E-state index in [2.05, 4.69) is 53.8 Å². The molecule has 0 aliphatic rings. The molecule has 0 aromatic heterocycles. The Kier molecular flexibility index (Phi) is 4.06. The van der Waals surface area contributed by atoms with Crippen molar-refractivity contribution in [3.63, 3.8) is 0 Å². The number of nitrogens with one attached hydrogen (secondary N) is 1. The lowest BCUT2D eigenvalue weighted by Gasteiger charge is -2.09. The number of rotatable bonds is 5. The molecule has 0 saturated carbocycles. The molecule has 0 aliphatic carbocycles. The van der Waals surface area contributed by atoms with Crippen LogP contribution in [0.5, 0.6) is 5.75 Å². The summed E-state index contributed by atoms with van der Waals surface area (Å²) >= 11 is 0. The Morgan fingerprint density at radius 2 is 1.71 bits per heavy atom. The zero-order chi connectivity index (χ0) is 14.5. The fourth-order valence-corrected chi connectivity index (χ4v) is 2.42. The van der Waals surface area contributed by atoms with Crippen molar-refractivity contribution < 1.29 is 4.74 Å². The Morgan fingerprint density at radius 3 is 2.57 bits per heavy atom. The highest BCUT2D eigenvalue weighted by molar-refractivity contribution is 5.83. The van der Waals surface area contributed by atoms with Crippen molar-refractivity contribution >= 4 is 16.5 Å². The molecule has 0 heterocycles. The Bertz CT molecular complexity index is 736. The first-order valence-electron chi connectivity index (χ1n) is 7.29. The SMILES string of the molecule is CCOc1cccc(NCc2ccc3ccccc3c2)c1. The quantitative estimate of drug-likeness (QED) is 0.719. The van der Waals surface area contributed by atoms with Crippen LogP contribution in [0.15, 0.2) is 66.7 Å². The van der Waals surface area contributed by atoms with Crippen molar-refractivity contribution in [2.24, 2.45) is 0 Å². The highest BCUT2D eigenvalue weighted by Gasteiger charge is 1.98. The van der Waals surface area contributed by atoms with E-state index in [1.54, 1.807) is 0 Å². The minimum atomic E-state index is 0.689. The van der Waals surface area contributed by atoms with Crippen LogP contribution in [0.4, 0.5) is 5.69 Å². The number of hydrogen-bond acceptors (Lipinski definition) is 2. The van der Waals surface area contributed by atoms with Crippen LogP contribution in [0, 0.1) is 0 Å². The third-order valence-corrected chi connectivity index (χ3v) is 3.46. The maximum Gasteiger partial charge on any atom is 0.121 e.